The molecule has 0 N–H and O–H groups in total. The number of para-hydroxylation sites is 1. The van der Waals surface area contributed by atoms with Crippen molar-refractivity contribution >= 4 is 60.9 Å². The van der Waals surface area contributed by atoms with E-state index in [4.69, 9.17) is 14.2 Å². The Morgan fingerprint density at radius 3 is 2.72 bits per heavy atom. The molecule has 9 nitrogen and oxygen atoms in total. The highest BCUT2D eigenvalue weighted by Crippen LogP contribution is 2.34. The fraction of sp³-hybridized carbons (Fsp3) is 0.333. The van der Waals surface area contributed by atoms with E-state index < -0.39 is 9.84 Å². The maximum Gasteiger partial charge on any atom is 0.252 e. The Morgan fingerprint density at radius 2 is 1.94 bits per heavy atom. The van der Waals surface area contributed by atoms with Gasteiger partial charge < -0.3 is 14.2 Å². The second kappa shape index (κ2) is 11.1. The van der Waals surface area contributed by atoms with Crippen LogP contribution < -0.4 is 14.4 Å². The molecule has 192 valence electrons. The Balaban J connectivity index is 0.00000304. The first-order chi connectivity index (χ1) is 16.9. The van der Waals surface area contributed by atoms with Crippen LogP contribution in [0.25, 0.3) is 16.3 Å². The summed E-state index contributed by atoms with van der Waals surface area (Å²) in [5.41, 5.74) is 1.19. The van der Waals surface area contributed by atoms with Gasteiger partial charge in [-0.05, 0) is 35.9 Å². The average molecular weight is 552 g/mol. The highest BCUT2D eigenvalue weighted by Gasteiger charge is 2.23. The molecule has 1 saturated heterocycles. The zero-order valence-electron chi connectivity index (χ0n) is 19.6. The number of rotatable bonds is 7. The fourth-order valence-electron chi connectivity index (χ4n) is 3.97. The fourth-order valence-corrected chi connectivity index (χ4v) is 5.89. The first kappa shape index (κ1) is 26.4. The number of carbonyl (C=O) groups is 1. The first-order valence-corrected chi connectivity index (χ1v) is 13.9. The normalized spacial score (nSPS) is 15.8. The van der Waals surface area contributed by atoms with Gasteiger partial charge in [-0.15, -0.1) is 12.4 Å². The Kier molecular flexibility index (Phi) is 8.16. The topological polar surface area (TPSA) is 98.3 Å². The van der Waals surface area contributed by atoms with Crippen molar-refractivity contribution in [3.05, 3.63) is 48.0 Å². The maximum atomic E-state index is 13.4. The number of hydrogen-bond donors (Lipinski definition) is 0. The molecule has 2 aromatic carbocycles. The van der Waals surface area contributed by atoms with E-state index >= 15 is 0 Å². The van der Waals surface area contributed by atoms with Gasteiger partial charge in [0.05, 0.1) is 22.8 Å². The Morgan fingerprint density at radius 1 is 1.17 bits per heavy atom. The lowest BCUT2D eigenvalue weighted by atomic mass is 10.2. The first-order valence-electron chi connectivity index (χ1n) is 11.2. The second-order valence-electron chi connectivity index (χ2n) is 8.26. The third-order valence-corrected chi connectivity index (χ3v) is 8.00. The van der Waals surface area contributed by atoms with Crippen LogP contribution in [0.3, 0.4) is 0 Å². The largest absolute Gasteiger partial charge is 0.454 e. The summed E-state index contributed by atoms with van der Waals surface area (Å²) in [6.07, 6.45) is 4.39. The molecule has 2 aliphatic rings. The van der Waals surface area contributed by atoms with Crippen molar-refractivity contribution in [2.75, 3.05) is 57.3 Å². The highest BCUT2D eigenvalue weighted by molar-refractivity contribution is 7.91. The minimum atomic E-state index is -3.46. The number of aromatic nitrogens is 1. The number of amides is 1. The zero-order chi connectivity index (χ0) is 24.4. The van der Waals surface area contributed by atoms with Gasteiger partial charge in [-0.25, -0.2) is 13.4 Å². The summed E-state index contributed by atoms with van der Waals surface area (Å²) in [4.78, 5) is 22.0. The third-order valence-electron chi connectivity index (χ3n) is 5.83. The van der Waals surface area contributed by atoms with E-state index in [-0.39, 0.29) is 30.0 Å². The van der Waals surface area contributed by atoms with Gasteiger partial charge in [-0.3, -0.25) is 14.6 Å². The van der Waals surface area contributed by atoms with Gasteiger partial charge >= 0.3 is 0 Å². The van der Waals surface area contributed by atoms with E-state index in [1.165, 1.54) is 17.4 Å². The lowest BCUT2D eigenvalue weighted by Gasteiger charge is -2.28. The molecule has 0 radical (unpaired) electrons. The van der Waals surface area contributed by atoms with Crippen molar-refractivity contribution in [3.8, 4) is 11.5 Å². The number of morpholine rings is 1. The van der Waals surface area contributed by atoms with Crippen LogP contribution in [-0.2, 0) is 19.4 Å². The van der Waals surface area contributed by atoms with Crippen molar-refractivity contribution in [1.29, 1.82) is 0 Å². The zero-order valence-corrected chi connectivity index (χ0v) is 22.0. The Hall–Kier alpha value is -2.70. The Bertz CT molecular complexity index is 1390. The van der Waals surface area contributed by atoms with Gasteiger partial charge in [0.25, 0.3) is 5.91 Å². The number of anilines is 1. The van der Waals surface area contributed by atoms with Crippen molar-refractivity contribution in [2.24, 2.45) is 0 Å². The molecule has 0 spiro atoms. The van der Waals surface area contributed by atoms with Crippen LogP contribution in [0.15, 0.2) is 47.4 Å². The number of hydrogen-bond acceptors (Lipinski definition) is 9. The van der Waals surface area contributed by atoms with Crippen LogP contribution in [0, 0.1) is 0 Å². The predicted octanol–water partition coefficient (Wildman–Crippen LogP) is 3.23. The monoisotopic (exact) mass is 551 g/mol. The number of thiazole rings is 1. The van der Waals surface area contributed by atoms with Crippen molar-refractivity contribution in [3.63, 3.8) is 0 Å². The summed E-state index contributed by atoms with van der Waals surface area (Å²) < 4.78 is 41.4. The number of halogens is 1. The minimum Gasteiger partial charge on any atom is -0.454 e. The van der Waals surface area contributed by atoms with E-state index in [9.17, 15) is 13.2 Å². The third kappa shape index (κ3) is 5.81. The van der Waals surface area contributed by atoms with Gasteiger partial charge in [-0.2, -0.15) is 0 Å². The van der Waals surface area contributed by atoms with Crippen LogP contribution in [0.1, 0.15) is 5.56 Å². The minimum absolute atomic E-state index is 0. The van der Waals surface area contributed by atoms with Crippen molar-refractivity contribution < 1.29 is 27.4 Å². The van der Waals surface area contributed by atoms with Crippen LogP contribution >= 0.6 is 23.7 Å². The van der Waals surface area contributed by atoms with Crippen molar-refractivity contribution in [2.45, 2.75) is 4.90 Å². The van der Waals surface area contributed by atoms with Gasteiger partial charge in [0.2, 0.25) is 6.79 Å². The molecule has 2 aliphatic heterocycles. The molecule has 0 atom stereocenters. The van der Waals surface area contributed by atoms with Gasteiger partial charge in [0.15, 0.2) is 26.5 Å². The predicted molar refractivity (Wildman–Crippen MR) is 141 cm³/mol. The number of nitrogens with zero attached hydrogens (tertiary/aromatic N) is 3. The highest BCUT2D eigenvalue weighted by atomic mass is 35.5. The molecule has 0 saturated carbocycles. The number of sulfone groups is 1. The maximum absolute atomic E-state index is 13.4. The van der Waals surface area contributed by atoms with Crippen molar-refractivity contribution in [1.82, 2.24) is 9.88 Å². The number of benzene rings is 2. The molecule has 1 aromatic heterocycles. The van der Waals surface area contributed by atoms with Crippen LogP contribution in [-0.4, -0.2) is 76.7 Å². The summed E-state index contributed by atoms with van der Waals surface area (Å²) in [7, 11) is -3.46. The summed E-state index contributed by atoms with van der Waals surface area (Å²) >= 11 is 1.30. The van der Waals surface area contributed by atoms with E-state index in [1.54, 1.807) is 23.1 Å². The molecular formula is C24H26ClN3O6S2. The van der Waals surface area contributed by atoms with Gasteiger partial charge in [0.1, 0.15) is 5.52 Å². The summed E-state index contributed by atoms with van der Waals surface area (Å²) in [6.45, 7) is 4.18. The molecule has 12 heteroatoms. The molecule has 5 rings (SSSR count). The molecule has 0 unspecified atom stereocenters. The summed E-state index contributed by atoms with van der Waals surface area (Å²) in [5.74, 6) is 1.08. The van der Waals surface area contributed by atoms with E-state index in [0.29, 0.717) is 53.2 Å². The number of fused-ring (bicyclic) bond motifs is 2. The second-order valence-corrected chi connectivity index (χ2v) is 11.3. The lowest BCUT2D eigenvalue weighted by Crippen LogP contribution is -2.42. The van der Waals surface area contributed by atoms with E-state index in [1.807, 2.05) is 24.3 Å². The van der Waals surface area contributed by atoms with Crippen LogP contribution in [0.4, 0.5) is 5.13 Å². The smallest absolute Gasteiger partial charge is 0.252 e. The summed E-state index contributed by atoms with van der Waals surface area (Å²) in [6, 6.07) is 10.5. The van der Waals surface area contributed by atoms with Crippen LogP contribution in [0.2, 0.25) is 0 Å². The number of ether oxygens (including phenoxy) is 3. The molecule has 1 fully saturated rings. The van der Waals surface area contributed by atoms with E-state index in [0.717, 1.165) is 24.9 Å². The van der Waals surface area contributed by atoms with Gasteiger partial charge in [-0.1, -0.05) is 23.5 Å². The lowest BCUT2D eigenvalue weighted by molar-refractivity contribution is -0.114. The SMILES string of the molecule is CS(=O)(=O)c1cccc2sc(N(CCN3CCOCC3)C(=O)C=Cc3ccc4c(c3)OCO4)nc12.Cl. The molecule has 3 heterocycles. The summed E-state index contributed by atoms with van der Waals surface area (Å²) in [5, 5.41) is 0.463. The standard InChI is InChI=1S/C24H25N3O6S2.ClH/c1-35(29,30)21-4-2-3-20-23(21)25-24(34-20)27(10-9-26-11-13-31-14-12-26)22(28)8-6-17-5-7-18-19(15-17)33-16-32-18;/h2-8,15H,9-14,16H2,1H3;1H. The number of carbonyl (C=O) groups excluding carboxylic acids is 1. The van der Waals surface area contributed by atoms with Gasteiger partial charge in [0, 0.05) is 38.5 Å². The molecule has 3 aromatic rings. The molecule has 0 bridgehead atoms. The molecule has 36 heavy (non-hydrogen) atoms. The molecular weight excluding hydrogens is 526 g/mol. The molecule has 0 aliphatic carbocycles. The average Bonchev–Trinajstić information content (AvgIpc) is 3.49. The Labute approximate surface area is 219 Å². The van der Waals surface area contributed by atoms with E-state index in [2.05, 4.69) is 9.88 Å². The quantitative estimate of drug-likeness (QED) is 0.413. The van der Waals surface area contributed by atoms with Crippen LogP contribution in [0.5, 0.6) is 11.5 Å². The molecule has 1 amide bonds.